The molecule has 8 heteroatoms. The molecular formula is C25H24ClN3O3S. The van der Waals surface area contributed by atoms with Gasteiger partial charge in [0, 0.05) is 37.2 Å². The number of benzene rings is 3. The molecule has 33 heavy (non-hydrogen) atoms. The average molecular weight is 482 g/mol. The van der Waals surface area contributed by atoms with Crippen molar-refractivity contribution in [1.29, 1.82) is 0 Å². The van der Waals surface area contributed by atoms with E-state index in [4.69, 9.17) is 11.6 Å². The smallest absolute Gasteiger partial charge is 0.252 e. The number of aromatic amines is 1. The molecular weight excluding hydrogens is 458 g/mol. The Balaban J connectivity index is 1.46. The molecule has 0 aliphatic heterocycles. The number of aromatic nitrogens is 1. The SMILES string of the molecule is CN(Cc1ccccc1)S(=O)(=O)c1ccc(Cl)c(C(=O)NCCc2c[nH]c3ccccc23)c1. The largest absolute Gasteiger partial charge is 0.361 e. The number of carbonyl (C=O) groups excluding carboxylic acids is 1. The van der Waals surface area contributed by atoms with Crippen LogP contribution in [0.4, 0.5) is 0 Å². The monoisotopic (exact) mass is 481 g/mol. The second-order valence-corrected chi connectivity index (χ2v) is 10.2. The van der Waals surface area contributed by atoms with Crippen LogP contribution in [-0.2, 0) is 23.0 Å². The molecule has 4 aromatic rings. The number of hydrogen-bond donors (Lipinski definition) is 2. The first-order chi connectivity index (χ1) is 15.9. The topological polar surface area (TPSA) is 82.3 Å². The summed E-state index contributed by atoms with van der Waals surface area (Å²) >= 11 is 6.23. The molecule has 1 aromatic heterocycles. The van der Waals surface area contributed by atoms with Gasteiger partial charge in [0.2, 0.25) is 10.0 Å². The number of nitrogens with zero attached hydrogens (tertiary/aromatic N) is 1. The highest BCUT2D eigenvalue weighted by atomic mass is 35.5. The predicted octanol–water partition coefficient (Wildman–Crippen LogP) is 4.61. The molecule has 0 fully saturated rings. The number of sulfonamides is 1. The first-order valence-corrected chi connectivity index (χ1v) is 12.3. The molecule has 0 bridgehead atoms. The molecule has 0 aliphatic carbocycles. The zero-order chi connectivity index (χ0) is 23.4. The van der Waals surface area contributed by atoms with Crippen molar-refractivity contribution in [2.24, 2.45) is 0 Å². The maximum Gasteiger partial charge on any atom is 0.252 e. The van der Waals surface area contributed by atoms with Crippen LogP contribution in [0.3, 0.4) is 0 Å². The number of nitrogens with one attached hydrogen (secondary N) is 2. The van der Waals surface area contributed by atoms with Crippen molar-refractivity contribution < 1.29 is 13.2 Å². The maximum absolute atomic E-state index is 13.1. The Morgan fingerprint density at radius 3 is 2.55 bits per heavy atom. The Morgan fingerprint density at radius 1 is 1.03 bits per heavy atom. The Morgan fingerprint density at radius 2 is 1.76 bits per heavy atom. The lowest BCUT2D eigenvalue weighted by molar-refractivity contribution is 0.0954. The highest BCUT2D eigenvalue weighted by Crippen LogP contribution is 2.24. The minimum atomic E-state index is -3.80. The maximum atomic E-state index is 13.1. The molecule has 0 atom stereocenters. The Kier molecular flexibility index (Phi) is 6.83. The van der Waals surface area contributed by atoms with E-state index in [0.29, 0.717) is 13.0 Å². The van der Waals surface area contributed by atoms with Crippen LogP contribution in [0, 0.1) is 0 Å². The van der Waals surface area contributed by atoms with Gasteiger partial charge in [0.1, 0.15) is 0 Å². The third-order valence-electron chi connectivity index (χ3n) is 5.49. The van der Waals surface area contributed by atoms with E-state index < -0.39 is 15.9 Å². The lowest BCUT2D eigenvalue weighted by Gasteiger charge is -2.18. The molecule has 3 aromatic carbocycles. The van der Waals surface area contributed by atoms with Crippen LogP contribution in [0.1, 0.15) is 21.5 Å². The normalized spacial score (nSPS) is 11.7. The number of fused-ring (bicyclic) bond motifs is 1. The summed E-state index contributed by atoms with van der Waals surface area (Å²) in [6.45, 7) is 0.611. The molecule has 1 heterocycles. The number of para-hydroxylation sites is 1. The lowest BCUT2D eigenvalue weighted by atomic mass is 10.1. The van der Waals surface area contributed by atoms with E-state index in [2.05, 4.69) is 10.3 Å². The van der Waals surface area contributed by atoms with Crippen molar-refractivity contribution in [2.75, 3.05) is 13.6 Å². The highest BCUT2D eigenvalue weighted by molar-refractivity contribution is 7.89. The van der Waals surface area contributed by atoms with E-state index in [1.807, 2.05) is 60.8 Å². The van der Waals surface area contributed by atoms with Gasteiger partial charge in [-0.25, -0.2) is 8.42 Å². The van der Waals surface area contributed by atoms with E-state index in [9.17, 15) is 13.2 Å². The second-order valence-electron chi connectivity index (χ2n) is 7.75. The summed E-state index contributed by atoms with van der Waals surface area (Å²) in [7, 11) is -2.29. The van der Waals surface area contributed by atoms with Gasteiger partial charge in [-0.05, 0) is 41.8 Å². The minimum absolute atomic E-state index is 0.0205. The van der Waals surface area contributed by atoms with Gasteiger partial charge in [-0.15, -0.1) is 0 Å². The van der Waals surface area contributed by atoms with Crippen LogP contribution < -0.4 is 5.32 Å². The number of halogens is 1. The summed E-state index contributed by atoms with van der Waals surface area (Å²) in [5.74, 6) is -0.414. The zero-order valence-electron chi connectivity index (χ0n) is 18.1. The van der Waals surface area contributed by atoms with Gasteiger partial charge in [0.25, 0.3) is 5.91 Å². The van der Waals surface area contributed by atoms with Crippen LogP contribution in [-0.4, -0.2) is 37.2 Å². The number of amides is 1. The Labute approximate surface area is 198 Å². The molecule has 1 amide bonds. The number of rotatable bonds is 8. The van der Waals surface area contributed by atoms with Gasteiger partial charge in [0.15, 0.2) is 0 Å². The lowest BCUT2D eigenvalue weighted by Crippen LogP contribution is -2.28. The van der Waals surface area contributed by atoms with Crippen molar-refractivity contribution in [1.82, 2.24) is 14.6 Å². The van der Waals surface area contributed by atoms with Crippen LogP contribution in [0.25, 0.3) is 10.9 Å². The van der Waals surface area contributed by atoms with Crippen LogP contribution in [0.15, 0.2) is 83.9 Å². The highest BCUT2D eigenvalue weighted by Gasteiger charge is 2.23. The fraction of sp³-hybridized carbons (Fsp3) is 0.160. The second kappa shape index (κ2) is 9.79. The fourth-order valence-electron chi connectivity index (χ4n) is 3.69. The van der Waals surface area contributed by atoms with Crippen molar-refractivity contribution in [3.05, 3.63) is 101 Å². The zero-order valence-corrected chi connectivity index (χ0v) is 19.7. The third kappa shape index (κ3) is 5.11. The van der Waals surface area contributed by atoms with Gasteiger partial charge >= 0.3 is 0 Å². The summed E-state index contributed by atoms with van der Waals surface area (Å²) in [5.41, 5.74) is 3.13. The van der Waals surface area contributed by atoms with Crippen molar-refractivity contribution >= 4 is 38.4 Å². The third-order valence-corrected chi connectivity index (χ3v) is 7.62. The van der Waals surface area contributed by atoms with Gasteiger partial charge in [-0.3, -0.25) is 4.79 Å². The molecule has 6 nitrogen and oxygen atoms in total. The van der Waals surface area contributed by atoms with E-state index in [0.717, 1.165) is 22.0 Å². The van der Waals surface area contributed by atoms with Crippen LogP contribution in [0.5, 0.6) is 0 Å². The predicted molar refractivity (Wildman–Crippen MR) is 131 cm³/mol. The van der Waals surface area contributed by atoms with Gasteiger partial charge in [-0.2, -0.15) is 4.31 Å². The first-order valence-electron chi connectivity index (χ1n) is 10.5. The summed E-state index contributed by atoms with van der Waals surface area (Å²) < 4.78 is 27.4. The summed E-state index contributed by atoms with van der Waals surface area (Å²) in [5, 5.41) is 4.15. The summed E-state index contributed by atoms with van der Waals surface area (Å²) in [6, 6.07) is 21.5. The number of H-pyrrole nitrogens is 1. The fourth-order valence-corrected chi connectivity index (χ4v) is 5.08. The molecule has 4 rings (SSSR count). The molecule has 0 saturated heterocycles. The molecule has 0 radical (unpaired) electrons. The van der Waals surface area contributed by atoms with E-state index in [-0.39, 0.29) is 22.0 Å². The van der Waals surface area contributed by atoms with Crippen LogP contribution >= 0.6 is 11.6 Å². The molecule has 0 saturated carbocycles. The molecule has 0 spiro atoms. The van der Waals surface area contributed by atoms with Crippen molar-refractivity contribution in [3.8, 4) is 0 Å². The minimum Gasteiger partial charge on any atom is -0.361 e. The Bertz CT molecular complexity index is 1380. The average Bonchev–Trinajstić information content (AvgIpc) is 3.23. The molecule has 0 aliphatic rings. The number of carbonyl (C=O) groups is 1. The molecule has 0 unspecified atom stereocenters. The van der Waals surface area contributed by atoms with E-state index in [1.54, 1.807) is 0 Å². The number of hydrogen-bond acceptors (Lipinski definition) is 3. The summed E-state index contributed by atoms with van der Waals surface area (Å²) in [4.78, 5) is 16.0. The summed E-state index contributed by atoms with van der Waals surface area (Å²) in [6.07, 6.45) is 2.56. The van der Waals surface area contributed by atoms with Crippen molar-refractivity contribution in [2.45, 2.75) is 17.9 Å². The Hall–Kier alpha value is -3.13. The van der Waals surface area contributed by atoms with Gasteiger partial charge in [0.05, 0.1) is 15.5 Å². The first kappa shape index (κ1) is 23.0. The van der Waals surface area contributed by atoms with Crippen LogP contribution in [0.2, 0.25) is 5.02 Å². The van der Waals surface area contributed by atoms with E-state index in [1.165, 1.54) is 29.6 Å². The quantitative estimate of drug-likeness (QED) is 0.385. The molecule has 170 valence electrons. The van der Waals surface area contributed by atoms with Gasteiger partial charge < -0.3 is 10.3 Å². The molecule has 2 N–H and O–H groups in total. The standard InChI is InChI=1S/C25H24ClN3O3S/c1-29(17-18-7-3-2-4-8-18)33(31,32)20-11-12-23(26)22(15-20)25(30)27-14-13-19-16-28-24-10-6-5-9-21(19)24/h2-12,15-16,28H,13-14,17H2,1H3,(H,27,30). The van der Waals surface area contributed by atoms with Gasteiger partial charge in [-0.1, -0.05) is 60.1 Å². The van der Waals surface area contributed by atoms with Crippen molar-refractivity contribution in [3.63, 3.8) is 0 Å². The van der Waals surface area contributed by atoms with E-state index >= 15 is 0 Å².